The Hall–Kier alpha value is -0.900. The average molecular weight is 293 g/mol. The Labute approximate surface area is 128 Å². The van der Waals surface area contributed by atoms with Crippen LogP contribution in [0.5, 0.6) is 0 Å². The number of hydrogen-bond acceptors (Lipinski definition) is 4. The SMILES string of the molecule is CC(C)(C)CC(CN)c1nc(C2CCCCCCC2)no1. The first-order chi connectivity index (χ1) is 9.99. The molecule has 1 heterocycles. The number of hydrogen-bond donors (Lipinski definition) is 1. The van der Waals surface area contributed by atoms with Gasteiger partial charge in [0, 0.05) is 12.5 Å². The van der Waals surface area contributed by atoms with Crippen molar-refractivity contribution < 1.29 is 4.52 Å². The van der Waals surface area contributed by atoms with Crippen LogP contribution in [0, 0.1) is 5.41 Å². The van der Waals surface area contributed by atoms with Gasteiger partial charge in [0.15, 0.2) is 5.82 Å². The second-order valence-corrected chi connectivity index (χ2v) is 7.73. The Morgan fingerprint density at radius 1 is 1.14 bits per heavy atom. The lowest BCUT2D eigenvalue weighted by molar-refractivity contribution is 0.285. The Morgan fingerprint density at radius 2 is 1.76 bits per heavy atom. The first-order valence-corrected chi connectivity index (χ1v) is 8.53. The van der Waals surface area contributed by atoms with Crippen molar-refractivity contribution in [2.75, 3.05) is 6.54 Å². The quantitative estimate of drug-likeness (QED) is 0.895. The van der Waals surface area contributed by atoms with E-state index in [0.29, 0.717) is 12.5 Å². The van der Waals surface area contributed by atoms with Crippen molar-refractivity contribution in [3.05, 3.63) is 11.7 Å². The molecule has 1 aromatic heterocycles. The van der Waals surface area contributed by atoms with Crippen molar-refractivity contribution in [2.45, 2.75) is 84.0 Å². The van der Waals surface area contributed by atoms with Crippen LogP contribution in [0.15, 0.2) is 4.52 Å². The second-order valence-electron chi connectivity index (χ2n) is 7.73. The molecule has 21 heavy (non-hydrogen) atoms. The van der Waals surface area contributed by atoms with Gasteiger partial charge in [0.2, 0.25) is 5.89 Å². The summed E-state index contributed by atoms with van der Waals surface area (Å²) in [5.74, 6) is 2.32. The zero-order valence-electron chi connectivity index (χ0n) is 13.9. The summed E-state index contributed by atoms with van der Waals surface area (Å²) >= 11 is 0. The monoisotopic (exact) mass is 293 g/mol. The summed E-state index contributed by atoms with van der Waals surface area (Å²) in [7, 11) is 0. The maximum absolute atomic E-state index is 5.92. The molecule has 4 heteroatoms. The molecular weight excluding hydrogens is 262 g/mol. The third kappa shape index (κ3) is 5.10. The normalized spacial score (nSPS) is 20.0. The fourth-order valence-corrected chi connectivity index (χ4v) is 3.30. The van der Waals surface area contributed by atoms with Gasteiger partial charge in [-0.25, -0.2) is 0 Å². The van der Waals surface area contributed by atoms with Gasteiger partial charge in [-0.3, -0.25) is 0 Å². The summed E-state index contributed by atoms with van der Waals surface area (Å²) in [5.41, 5.74) is 6.14. The van der Waals surface area contributed by atoms with Crippen LogP contribution in [0.25, 0.3) is 0 Å². The molecule has 0 aliphatic heterocycles. The van der Waals surface area contributed by atoms with Crippen LogP contribution in [0.3, 0.4) is 0 Å². The first kappa shape index (κ1) is 16.5. The molecular formula is C17H31N3O. The predicted molar refractivity (Wildman–Crippen MR) is 85.2 cm³/mol. The Morgan fingerprint density at radius 3 is 2.33 bits per heavy atom. The molecule has 1 atom stereocenters. The summed E-state index contributed by atoms with van der Waals surface area (Å²) in [6.45, 7) is 7.24. The van der Waals surface area contributed by atoms with Crippen LogP contribution in [0.2, 0.25) is 0 Å². The zero-order chi connectivity index (χ0) is 15.3. The van der Waals surface area contributed by atoms with E-state index in [1.54, 1.807) is 0 Å². The van der Waals surface area contributed by atoms with Gasteiger partial charge in [0.25, 0.3) is 0 Å². The molecule has 1 unspecified atom stereocenters. The number of aromatic nitrogens is 2. The highest BCUT2D eigenvalue weighted by Crippen LogP contribution is 2.33. The number of rotatable bonds is 4. The van der Waals surface area contributed by atoms with Crippen molar-refractivity contribution >= 4 is 0 Å². The van der Waals surface area contributed by atoms with Crippen LogP contribution in [0.1, 0.15) is 95.7 Å². The van der Waals surface area contributed by atoms with Gasteiger partial charge in [-0.2, -0.15) is 4.98 Å². The highest BCUT2D eigenvalue weighted by atomic mass is 16.5. The fraction of sp³-hybridized carbons (Fsp3) is 0.882. The highest BCUT2D eigenvalue weighted by Gasteiger charge is 2.26. The van der Waals surface area contributed by atoms with Crippen LogP contribution in [-0.4, -0.2) is 16.7 Å². The lowest BCUT2D eigenvalue weighted by Gasteiger charge is -2.22. The maximum atomic E-state index is 5.92. The van der Waals surface area contributed by atoms with Crippen molar-refractivity contribution in [2.24, 2.45) is 11.1 Å². The van der Waals surface area contributed by atoms with E-state index in [2.05, 4.69) is 25.9 Å². The Kier molecular flexibility index (Phi) is 5.80. The van der Waals surface area contributed by atoms with E-state index < -0.39 is 0 Å². The van der Waals surface area contributed by atoms with Crippen molar-refractivity contribution in [1.82, 2.24) is 10.1 Å². The van der Waals surface area contributed by atoms with Gasteiger partial charge in [-0.05, 0) is 24.7 Å². The molecule has 0 bridgehead atoms. The van der Waals surface area contributed by atoms with Crippen LogP contribution in [-0.2, 0) is 0 Å². The summed E-state index contributed by atoms with van der Waals surface area (Å²) in [6.07, 6.45) is 10.0. The maximum Gasteiger partial charge on any atom is 0.231 e. The second kappa shape index (κ2) is 7.39. The average Bonchev–Trinajstić information content (AvgIpc) is 2.84. The largest absolute Gasteiger partial charge is 0.339 e. The first-order valence-electron chi connectivity index (χ1n) is 8.53. The van der Waals surface area contributed by atoms with E-state index in [9.17, 15) is 0 Å². The Balaban J connectivity index is 2.04. The number of nitrogens with zero attached hydrogens (tertiary/aromatic N) is 2. The van der Waals surface area contributed by atoms with Crippen LogP contribution < -0.4 is 5.73 Å². The van der Waals surface area contributed by atoms with E-state index in [4.69, 9.17) is 15.2 Å². The molecule has 0 aromatic carbocycles. The molecule has 0 spiro atoms. The van der Waals surface area contributed by atoms with Crippen molar-refractivity contribution in [3.63, 3.8) is 0 Å². The number of nitrogens with two attached hydrogens (primary N) is 1. The van der Waals surface area contributed by atoms with E-state index >= 15 is 0 Å². The van der Waals surface area contributed by atoms with Gasteiger partial charge in [0.1, 0.15) is 0 Å². The molecule has 0 radical (unpaired) electrons. The van der Waals surface area contributed by atoms with Gasteiger partial charge in [0.05, 0.1) is 5.92 Å². The molecule has 1 fully saturated rings. The van der Waals surface area contributed by atoms with Crippen LogP contribution in [0.4, 0.5) is 0 Å². The van der Waals surface area contributed by atoms with Gasteiger partial charge in [-0.1, -0.05) is 58.0 Å². The van der Waals surface area contributed by atoms with E-state index in [1.807, 2.05) is 0 Å². The summed E-state index contributed by atoms with van der Waals surface area (Å²) < 4.78 is 5.55. The molecule has 4 nitrogen and oxygen atoms in total. The van der Waals surface area contributed by atoms with Gasteiger partial charge < -0.3 is 10.3 Å². The molecule has 2 rings (SSSR count). The van der Waals surface area contributed by atoms with Gasteiger partial charge in [-0.15, -0.1) is 0 Å². The van der Waals surface area contributed by atoms with E-state index in [-0.39, 0.29) is 11.3 Å². The Bertz CT molecular complexity index is 414. The molecule has 1 aliphatic rings. The smallest absolute Gasteiger partial charge is 0.231 e. The lowest BCUT2D eigenvalue weighted by atomic mass is 9.84. The minimum atomic E-state index is 0.180. The molecule has 1 saturated carbocycles. The van der Waals surface area contributed by atoms with Crippen molar-refractivity contribution in [1.29, 1.82) is 0 Å². The summed E-state index contributed by atoms with van der Waals surface area (Å²) in [4.78, 5) is 4.70. The highest BCUT2D eigenvalue weighted by molar-refractivity contribution is 5.01. The molecule has 1 aliphatic carbocycles. The topological polar surface area (TPSA) is 64.9 Å². The standard InChI is InChI=1S/C17H31N3O/c1-17(2,3)11-14(12-18)16-19-15(20-21-16)13-9-7-5-4-6-8-10-13/h13-14H,4-12,18H2,1-3H3. The third-order valence-corrected chi connectivity index (χ3v) is 4.42. The molecule has 0 amide bonds. The lowest BCUT2D eigenvalue weighted by Crippen LogP contribution is -2.19. The van der Waals surface area contributed by atoms with Gasteiger partial charge >= 0.3 is 0 Å². The minimum Gasteiger partial charge on any atom is -0.339 e. The predicted octanol–water partition coefficient (Wildman–Crippen LogP) is 4.38. The summed E-state index contributed by atoms with van der Waals surface area (Å²) in [6, 6.07) is 0. The molecule has 1 aromatic rings. The molecule has 0 saturated heterocycles. The van der Waals surface area contributed by atoms with Crippen LogP contribution >= 0.6 is 0 Å². The minimum absolute atomic E-state index is 0.180. The van der Waals surface area contributed by atoms with Crippen molar-refractivity contribution in [3.8, 4) is 0 Å². The summed E-state index contributed by atoms with van der Waals surface area (Å²) in [5, 5.41) is 4.27. The van der Waals surface area contributed by atoms with E-state index in [1.165, 1.54) is 44.9 Å². The molecule has 120 valence electrons. The third-order valence-electron chi connectivity index (χ3n) is 4.42. The fourth-order valence-electron chi connectivity index (χ4n) is 3.30. The molecule has 2 N–H and O–H groups in total. The zero-order valence-corrected chi connectivity index (χ0v) is 13.9. The van der Waals surface area contributed by atoms with E-state index in [0.717, 1.165) is 18.1 Å².